The van der Waals surface area contributed by atoms with E-state index in [-0.39, 0.29) is 18.0 Å². The largest absolute Gasteiger partial charge is 0.489 e. The second kappa shape index (κ2) is 11.4. The Morgan fingerprint density at radius 3 is 2.50 bits per heavy atom. The van der Waals surface area contributed by atoms with Crippen LogP contribution in [0.4, 0.5) is 0 Å². The number of carbonyl (C=O) groups excluding carboxylic acids is 1. The van der Waals surface area contributed by atoms with Crippen LogP contribution < -0.4 is 21.0 Å². The van der Waals surface area contributed by atoms with Gasteiger partial charge in [-0.2, -0.15) is 5.10 Å². The third kappa shape index (κ3) is 6.63. The molecule has 0 radical (unpaired) electrons. The molecule has 1 aliphatic heterocycles. The summed E-state index contributed by atoms with van der Waals surface area (Å²) in [4.78, 5) is 12.5. The third-order valence-electron chi connectivity index (χ3n) is 5.67. The van der Waals surface area contributed by atoms with E-state index in [4.69, 9.17) is 4.74 Å². The van der Waals surface area contributed by atoms with Crippen LogP contribution in [0.1, 0.15) is 41.6 Å². The zero-order chi connectivity index (χ0) is 23.8. The monoisotopic (exact) mass is 454 g/mol. The second-order valence-corrected chi connectivity index (χ2v) is 8.51. The number of benzene rings is 3. The van der Waals surface area contributed by atoms with Crippen LogP contribution in [0.25, 0.3) is 6.08 Å². The maximum atomic E-state index is 12.5. The van der Waals surface area contributed by atoms with Gasteiger partial charge in [0.15, 0.2) is 0 Å². The lowest BCUT2D eigenvalue weighted by Gasteiger charge is -2.11. The number of ether oxygens (including phenoxy) is 1. The molecule has 1 saturated heterocycles. The Morgan fingerprint density at radius 1 is 1.03 bits per heavy atom. The van der Waals surface area contributed by atoms with E-state index in [0.717, 1.165) is 28.0 Å². The molecule has 0 saturated carbocycles. The molecule has 6 heteroatoms. The number of hydrazone groups is 1. The smallest absolute Gasteiger partial charge is 0.258 e. The number of aryl methyl sites for hydroxylation is 1. The first-order valence-electron chi connectivity index (χ1n) is 11.4. The molecule has 4 rings (SSSR count). The number of nitrogens with zero attached hydrogens (tertiary/aromatic N) is 1. The summed E-state index contributed by atoms with van der Waals surface area (Å²) >= 11 is 0. The summed E-state index contributed by atoms with van der Waals surface area (Å²) in [6, 6.07) is 26.0. The van der Waals surface area contributed by atoms with Crippen LogP contribution in [0.15, 0.2) is 89.5 Å². The molecule has 2 atom stereocenters. The maximum absolute atomic E-state index is 12.5. The van der Waals surface area contributed by atoms with Gasteiger partial charge in [0.25, 0.3) is 5.91 Å². The van der Waals surface area contributed by atoms with E-state index in [1.54, 1.807) is 6.21 Å². The number of nitrogens with one attached hydrogen (secondary N) is 3. The van der Waals surface area contributed by atoms with Gasteiger partial charge >= 0.3 is 0 Å². The van der Waals surface area contributed by atoms with E-state index in [9.17, 15) is 4.79 Å². The highest BCUT2D eigenvalue weighted by Crippen LogP contribution is 2.24. The van der Waals surface area contributed by atoms with Crippen LogP contribution in [-0.2, 0) is 11.4 Å². The first kappa shape index (κ1) is 23.4. The molecule has 1 amide bonds. The van der Waals surface area contributed by atoms with Crippen molar-refractivity contribution in [1.29, 1.82) is 0 Å². The van der Waals surface area contributed by atoms with Gasteiger partial charge in [-0.05, 0) is 54.7 Å². The Morgan fingerprint density at radius 2 is 1.76 bits per heavy atom. The Kier molecular flexibility index (Phi) is 7.86. The molecular formula is C28H30N4O2. The Balaban J connectivity index is 1.24. The van der Waals surface area contributed by atoms with Gasteiger partial charge in [0.05, 0.1) is 6.21 Å². The minimum atomic E-state index is -0.363. The molecule has 1 heterocycles. The van der Waals surface area contributed by atoms with Crippen molar-refractivity contribution in [2.24, 2.45) is 5.10 Å². The molecule has 1 aliphatic rings. The van der Waals surface area contributed by atoms with Crippen LogP contribution in [0.2, 0.25) is 0 Å². The van der Waals surface area contributed by atoms with Gasteiger partial charge in [-0.1, -0.05) is 78.4 Å². The number of hydrazine groups is 1. The van der Waals surface area contributed by atoms with E-state index in [1.165, 1.54) is 5.56 Å². The predicted molar refractivity (Wildman–Crippen MR) is 136 cm³/mol. The van der Waals surface area contributed by atoms with Gasteiger partial charge in [-0.25, -0.2) is 16.3 Å². The average Bonchev–Trinajstić information content (AvgIpc) is 3.35. The van der Waals surface area contributed by atoms with Gasteiger partial charge < -0.3 is 4.74 Å². The molecular weight excluding hydrogens is 424 g/mol. The zero-order valence-electron chi connectivity index (χ0n) is 19.5. The first-order valence-corrected chi connectivity index (χ1v) is 11.4. The summed E-state index contributed by atoms with van der Waals surface area (Å²) in [5.74, 6) is 0.648. The number of hydrogen-bond acceptors (Lipinski definition) is 5. The fourth-order valence-electron chi connectivity index (χ4n) is 3.72. The SMILES string of the molecule is CC(/C=N/NC(=O)C1CC(c2ccc(OCc3ccc(C)cc3)cc2)NN1)=C\c1ccccc1. The summed E-state index contributed by atoms with van der Waals surface area (Å²) in [6.07, 6.45) is 4.29. The summed E-state index contributed by atoms with van der Waals surface area (Å²) in [5.41, 5.74) is 14.4. The van der Waals surface area contributed by atoms with Crippen LogP contribution in [0.5, 0.6) is 5.75 Å². The lowest BCUT2D eigenvalue weighted by atomic mass is 10.0. The highest BCUT2D eigenvalue weighted by atomic mass is 16.5. The minimum Gasteiger partial charge on any atom is -0.489 e. The van der Waals surface area contributed by atoms with Crippen molar-refractivity contribution in [3.63, 3.8) is 0 Å². The fourth-order valence-corrected chi connectivity index (χ4v) is 3.72. The number of rotatable bonds is 8. The minimum absolute atomic E-state index is 0.0330. The van der Waals surface area contributed by atoms with Crippen molar-refractivity contribution in [2.45, 2.75) is 39.0 Å². The second-order valence-electron chi connectivity index (χ2n) is 8.51. The van der Waals surface area contributed by atoms with E-state index in [2.05, 4.69) is 52.6 Å². The van der Waals surface area contributed by atoms with Gasteiger partial charge in [0.2, 0.25) is 0 Å². The predicted octanol–water partition coefficient (Wildman–Crippen LogP) is 4.69. The molecule has 3 aromatic rings. The fraction of sp³-hybridized carbons (Fsp3) is 0.214. The van der Waals surface area contributed by atoms with Gasteiger partial charge in [0, 0.05) is 6.04 Å². The summed E-state index contributed by atoms with van der Waals surface area (Å²) < 4.78 is 5.89. The van der Waals surface area contributed by atoms with Crippen molar-refractivity contribution in [3.05, 3.63) is 107 Å². The maximum Gasteiger partial charge on any atom is 0.258 e. The molecule has 0 spiro atoms. The van der Waals surface area contributed by atoms with Crippen molar-refractivity contribution >= 4 is 18.2 Å². The molecule has 3 N–H and O–H groups in total. The molecule has 174 valence electrons. The Hall–Kier alpha value is -3.74. The molecule has 0 aromatic heterocycles. The molecule has 1 fully saturated rings. The van der Waals surface area contributed by atoms with E-state index < -0.39 is 0 Å². The van der Waals surface area contributed by atoms with Gasteiger partial charge in [-0.3, -0.25) is 4.79 Å². The number of hydrogen-bond donors (Lipinski definition) is 3. The standard InChI is InChI=1S/C28H30N4O2/c1-20-8-10-23(11-9-20)19-34-25-14-12-24(13-15-25)26-17-27(31-30-26)28(33)32-29-18-21(2)16-22-6-4-3-5-7-22/h3-16,18,26-27,30-31H,17,19H2,1-2H3,(H,32,33)/b21-16+,29-18+. The van der Waals surface area contributed by atoms with E-state index >= 15 is 0 Å². The van der Waals surface area contributed by atoms with E-state index in [1.807, 2.05) is 67.6 Å². The highest BCUT2D eigenvalue weighted by Gasteiger charge is 2.30. The lowest BCUT2D eigenvalue weighted by Crippen LogP contribution is -2.41. The van der Waals surface area contributed by atoms with Crippen LogP contribution in [0.3, 0.4) is 0 Å². The molecule has 6 nitrogen and oxygen atoms in total. The summed E-state index contributed by atoms with van der Waals surface area (Å²) in [5, 5.41) is 4.09. The van der Waals surface area contributed by atoms with Crippen LogP contribution in [0, 0.1) is 6.92 Å². The van der Waals surface area contributed by atoms with Gasteiger partial charge in [0.1, 0.15) is 18.4 Å². The van der Waals surface area contributed by atoms with Crippen molar-refractivity contribution in [1.82, 2.24) is 16.3 Å². The van der Waals surface area contributed by atoms with E-state index in [0.29, 0.717) is 13.0 Å². The third-order valence-corrected chi connectivity index (χ3v) is 5.67. The zero-order valence-corrected chi connectivity index (χ0v) is 19.5. The van der Waals surface area contributed by atoms with Crippen LogP contribution in [-0.4, -0.2) is 18.2 Å². The molecule has 0 bridgehead atoms. The molecule has 2 unspecified atom stereocenters. The molecule has 0 aliphatic carbocycles. The number of amides is 1. The molecule has 34 heavy (non-hydrogen) atoms. The lowest BCUT2D eigenvalue weighted by molar-refractivity contribution is -0.122. The number of carbonyl (C=O) groups is 1. The summed E-state index contributed by atoms with van der Waals surface area (Å²) in [7, 11) is 0. The average molecular weight is 455 g/mol. The highest BCUT2D eigenvalue weighted by molar-refractivity contribution is 5.87. The van der Waals surface area contributed by atoms with Crippen molar-refractivity contribution < 1.29 is 9.53 Å². The van der Waals surface area contributed by atoms with Gasteiger partial charge in [-0.15, -0.1) is 0 Å². The Labute approximate surface area is 200 Å². The topological polar surface area (TPSA) is 74.8 Å². The first-order chi connectivity index (χ1) is 16.6. The van der Waals surface area contributed by atoms with Crippen LogP contribution >= 0.6 is 0 Å². The van der Waals surface area contributed by atoms with Crippen molar-refractivity contribution in [3.8, 4) is 5.75 Å². The molecule has 3 aromatic carbocycles. The summed E-state index contributed by atoms with van der Waals surface area (Å²) in [6.45, 7) is 4.55. The van der Waals surface area contributed by atoms with Crippen molar-refractivity contribution in [2.75, 3.05) is 0 Å². The normalized spacial score (nSPS) is 18.2. The Bertz CT molecular complexity index is 1140. The quantitative estimate of drug-likeness (QED) is 0.341. The number of allylic oxidation sites excluding steroid dienone is 1.